The first-order chi connectivity index (χ1) is 37.7. The number of para-hydroxylation sites is 2. The van der Waals surface area contributed by atoms with E-state index < -0.39 is 20.1 Å². The second kappa shape index (κ2) is 19.0. The first kappa shape index (κ1) is 45.5. The van der Waals surface area contributed by atoms with Crippen molar-refractivity contribution in [2.75, 3.05) is 0 Å². The third-order valence-electron chi connectivity index (χ3n) is 15.1. The fourth-order valence-electron chi connectivity index (χ4n) is 11.9. The van der Waals surface area contributed by atoms with Crippen molar-refractivity contribution in [3.63, 3.8) is 0 Å². The molecule has 0 fully saturated rings. The molecule has 0 aliphatic rings. The fourth-order valence-corrected chi connectivity index (χ4v) is 19.9. The molecule has 0 amide bonds. The Bertz CT molecular complexity index is 4240. The van der Waals surface area contributed by atoms with Gasteiger partial charge in [0.1, 0.15) is 0 Å². The molecule has 0 saturated carbocycles. The highest BCUT2D eigenvalue weighted by molar-refractivity contribution is 8.34. The lowest BCUT2D eigenvalue weighted by molar-refractivity contribution is 1.14. The number of hydrogen-bond acceptors (Lipinski definition) is 0. The Balaban J connectivity index is 0.992. The molecule has 0 N–H and O–H groups in total. The second-order valence-corrected chi connectivity index (χ2v) is 25.4. The van der Waals surface area contributed by atoms with Gasteiger partial charge >= 0.3 is 0 Å². The summed E-state index contributed by atoms with van der Waals surface area (Å²) in [5.41, 5.74) is 9.37. The molecule has 2 aromatic heterocycles. The van der Waals surface area contributed by atoms with E-state index in [1.807, 2.05) is 0 Å². The molecular weight excluding hydrogens is 957 g/mol. The first-order valence-corrected chi connectivity index (χ1v) is 29.2. The molecule has 2 nitrogen and oxygen atoms in total. The smallest absolute Gasteiger partial charge is 0.0552 e. The molecule has 0 aliphatic heterocycles. The van der Waals surface area contributed by atoms with Crippen LogP contribution >= 0.6 is 20.1 Å². The lowest BCUT2D eigenvalue weighted by atomic mass is 10.1. The van der Waals surface area contributed by atoms with Gasteiger partial charge in [-0.2, -0.15) is 0 Å². The van der Waals surface area contributed by atoms with E-state index in [0.717, 1.165) is 16.9 Å². The molecule has 362 valence electrons. The zero-order chi connectivity index (χ0) is 50.5. The summed E-state index contributed by atoms with van der Waals surface area (Å²) in [6.45, 7) is 0. The van der Waals surface area contributed by atoms with E-state index in [0.29, 0.717) is 0 Å². The molecule has 4 heteroatoms. The first-order valence-electron chi connectivity index (χ1n) is 26.0. The Labute approximate surface area is 447 Å². The summed E-state index contributed by atoms with van der Waals surface area (Å²) < 4.78 is 4.99. The Hall–Kier alpha value is -9.06. The zero-order valence-corrected chi connectivity index (χ0v) is 43.4. The van der Waals surface area contributed by atoms with Crippen LogP contribution in [0.15, 0.2) is 355 Å². The minimum atomic E-state index is -2.02. The van der Waals surface area contributed by atoms with Gasteiger partial charge in [0.25, 0.3) is 0 Å². The summed E-state index contributed by atoms with van der Waals surface area (Å²) in [6.07, 6.45) is 0. The van der Waals surface area contributed by atoms with Gasteiger partial charge in [0.15, 0.2) is 0 Å². The quantitative estimate of drug-likeness (QED) is 0.122. The summed E-state index contributed by atoms with van der Waals surface area (Å²) in [6, 6.07) is 117. The molecule has 2 heterocycles. The zero-order valence-electron chi connectivity index (χ0n) is 41.7. The van der Waals surface area contributed by atoms with Gasteiger partial charge in [-0.15, -0.1) is 20.1 Å². The van der Waals surface area contributed by atoms with Crippen LogP contribution in [0.1, 0.15) is 0 Å². The average molecular weight is 1010 g/mol. The summed E-state index contributed by atoms with van der Waals surface area (Å²) in [7, 11) is -4.01. The van der Waals surface area contributed by atoms with Crippen LogP contribution in [0.4, 0.5) is 0 Å². The lowest BCUT2D eigenvalue weighted by Gasteiger charge is -2.42. The van der Waals surface area contributed by atoms with Crippen molar-refractivity contribution >= 4 is 63.7 Å². The number of fused-ring (bicyclic) bond motifs is 6. The van der Waals surface area contributed by atoms with E-state index >= 15 is 0 Å². The molecule has 14 aromatic rings. The predicted octanol–water partition coefficient (Wildman–Crippen LogP) is 20.2. The Morgan fingerprint density at radius 2 is 0.592 bits per heavy atom. The molecule has 0 bridgehead atoms. The molecular formula is C72H52N2S2. The number of hydrogen-bond donors (Lipinski definition) is 0. The highest BCUT2D eigenvalue weighted by atomic mass is 32.3. The predicted molar refractivity (Wildman–Crippen MR) is 321 cm³/mol. The van der Waals surface area contributed by atoms with E-state index in [1.54, 1.807) is 0 Å². The standard InChI is InChI=1S/C72H52N2S2/c1-7-26-53(27-8-1)54-28-23-40-62(50-54)75(57-30-9-2-10-31-57,58-32-11-3-12-33-58)63-41-24-29-55(51-63)73-67-44-21-19-42-64(67)66-52-56(48-49-69(66)73)74-68-45-22-20-43-65(68)72-70(74)46-25-47-71(72)76(59-34-13-4-14-35-59,60-36-15-5-16-37-60)61-38-17-6-18-39-61/h1-52H. The van der Waals surface area contributed by atoms with Gasteiger partial charge < -0.3 is 9.13 Å². The summed E-state index contributed by atoms with van der Waals surface area (Å²) in [5.74, 6) is 0. The van der Waals surface area contributed by atoms with Crippen molar-refractivity contribution in [3.8, 4) is 22.5 Å². The van der Waals surface area contributed by atoms with E-state index in [9.17, 15) is 0 Å². The number of nitrogens with zero attached hydrogens (tertiary/aromatic N) is 2. The Morgan fingerprint density at radius 1 is 0.211 bits per heavy atom. The third-order valence-corrected chi connectivity index (χ3v) is 22.9. The SMILES string of the molecule is c1ccc(-c2cccc(S(c3ccccc3)(c3ccccc3)c3cccc(-n4c5ccccc5c5cc(-n6c7ccccc7c7c(S(c8ccccc8)(c8ccccc8)c8ccccc8)cccc76)ccc54)c3)c2)cc1. The Kier molecular flexibility index (Phi) is 11.4. The molecule has 76 heavy (non-hydrogen) atoms. The largest absolute Gasteiger partial charge is 0.309 e. The average Bonchev–Trinajstić information content (AvgIpc) is 4.14. The maximum atomic E-state index is 2.51. The van der Waals surface area contributed by atoms with Crippen molar-refractivity contribution in [1.82, 2.24) is 9.13 Å². The minimum Gasteiger partial charge on any atom is -0.309 e. The highest BCUT2D eigenvalue weighted by Gasteiger charge is 2.37. The summed E-state index contributed by atoms with van der Waals surface area (Å²) in [4.78, 5) is 10.4. The lowest BCUT2D eigenvalue weighted by Crippen LogP contribution is -2.06. The summed E-state index contributed by atoms with van der Waals surface area (Å²) in [5, 5.41) is 4.94. The van der Waals surface area contributed by atoms with Gasteiger partial charge in [0.05, 0.1) is 22.1 Å². The molecule has 0 atom stereocenters. The molecule has 0 saturated heterocycles. The van der Waals surface area contributed by atoms with E-state index in [-0.39, 0.29) is 0 Å². The van der Waals surface area contributed by atoms with Crippen LogP contribution in [0.25, 0.3) is 66.1 Å². The van der Waals surface area contributed by atoms with Crippen molar-refractivity contribution in [3.05, 3.63) is 315 Å². The van der Waals surface area contributed by atoms with Gasteiger partial charge in [0, 0.05) is 72.1 Å². The van der Waals surface area contributed by atoms with Crippen LogP contribution in [-0.2, 0) is 0 Å². The Morgan fingerprint density at radius 3 is 1.17 bits per heavy atom. The molecule has 12 aromatic carbocycles. The maximum Gasteiger partial charge on any atom is 0.0552 e. The number of rotatable bonds is 11. The van der Waals surface area contributed by atoms with Crippen LogP contribution in [-0.4, -0.2) is 9.13 Å². The van der Waals surface area contributed by atoms with Gasteiger partial charge in [-0.3, -0.25) is 0 Å². The van der Waals surface area contributed by atoms with Crippen LogP contribution in [0.2, 0.25) is 0 Å². The van der Waals surface area contributed by atoms with Crippen LogP contribution in [0.3, 0.4) is 0 Å². The molecule has 14 rings (SSSR count). The van der Waals surface area contributed by atoms with Crippen LogP contribution in [0.5, 0.6) is 0 Å². The third kappa shape index (κ3) is 7.21. The molecule has 0 spiro atoms. The minimum absolute atomic E-state index is 1.13. The van der Waals surface area contributed by atoms with Crippen molar-refractivity contribution < 1.29 is 0 Å². The van der Waals surface area contributed by atoms with Gasteiger partial charge in [-0.1, -0.05) is 182 Å². The topological polar surface area (TPSA) is 9.86 Å². The van der Waals surface area contributed by atoms with Crippen molar-refractivity contribution in [2.45, 2.75) is 39.2 Å². The van der Waals surface area contributed by atoms with Gasteiger partial charge in [0.2, 0.25) is 0 Å². The fraction of sp³-hybridized carbons (Fsp3) is 0. The van der Waals surface area contributed by atoms with Gasteiger partial charge in [-0.05, 0) is 145 Å². The van der Waals surface area contributed by atoms with Crippen molar-refractivity contribution in [2.24, 2.45) is 0 Å². The van der Waals surface area contributed by atoms with Crippen LogP contribution < -0.4 is 0 Å². The highest BCUT2D eigenvalue weighted by Crippen LogP contribution is 2.76. The van der Waals surface area contributed by atoms with E-state index in [4.69, 9.17) is 0 Å². The number of benzene rings is 12. The van der Waals surface area contributed by atoms with Gasteiger partial charge in [-0.25, -0.2) is 0 Å². The normalized spacial score (nSPS) is 12.4. The van der Waals surface area contributed by atoms with E-state index in [1.165, 1.54) is 88.4 Å². The maximum absolute atomic E-state index is 2.51. The molecule has 0 radical (unpaired) electrons. The summed E-state index contributed by atoms with van der Waals surface area (Å²) >= 11 is 0. The second-order valence-electron chi connectivity index (χ2n) is 19.2. The molecule has 0 aliphatic carbocycles. The number of aromatic nitrogens is 2. The monoisotopic (exact) mass is 1010 g/mol. The van der Waals surface area contributed by atoms with Crippen LogP contribution in [0, 0.1) is 0 Å². The van der Waals surface area contributed by atoms with Crippen molar-refractivity contribution in [1.29, 1.82) is 0 Å². The van der Waals surface area contributed by atoms with E-state index in [2.05, 4.69) is 325 Å². The molecule has 0 unspecified atom stereocenters.